The Morgan fingerprint density at radius 1 is 0.929 bits per heavy atom. The van der Waals surface area contributed by atoms with Crippen molar-refractivity contribution in [3.05, 3.63) is 95.6 Å². The number of fused-ring (bicyclic) bond motifs is 1. The Kier molecular flexibility index (Phi) is 5.06. The van der Waals surface area contributed by atoms with Gasteiger partial charge in [-0.05, 0) is 29.3 Å². The number of nitrogens with zero attached hydrogens (tertiary/aromatic N) is 1. The fourth-order valence-corrected chi connectivity index (χ4v) is 3.16. The summed E-state index contributed by atoms with van der Waals surface area (Å²) < 4.78 is 5.54. The molecule has 0 bridgehead atoms. The number of carbonyl (C=O) groups is 2. The van der Waals surface area contributed by atoms with Gasteiger partial charge in [0.15, 0.2) is 6.61 Å². The maximum atomic E-state index is 12.6. The second-order valence-electron chi connectivity index (χ2n) is 6.60. The van der Waals surface area contributed by atoms with Gasteiger partial charge in [-0.25, -0.2) is 0 Å². The smallest absolute Gasteiger partial charge is 0.265 e. The molecule has 5 heteroatoms. The molecule has 0 saturated carbocycles. The predicted molar refractivity (Wildman–Crippen MR) is 107 cm³/mol. The molecule has 0 radical (unpaired) electrons. The molecule has 0 aromatic heterocycles. The van der Waals surface area contributed by atoms with Gasteiger partial charge in [-0.3, -0.25) is 9.59 Å². The standard InChI is InChI=1S/C23H20N2O3/c26-22-16-28-21-12-11-19(23(27)24-14-17-7-3-1-4-8-17)13-20(21)25(22)15-18-9-5-2-6-10-18/h1-13H,14-16H2,(H,24,27). The Bertz CT molecular complexity index is 987. The monoisotopic (exact) mass is 372 g/mol. The van der Waals surface area contributed by atoms with Crippen molar-refractivity contribution < 1.29 is 14.3 Å². The van der Waals surface area contributed by atoms with Crippen LogP contribution in [0, 0.1) is 0 Å². The molecule has 0 unspecified atom stereocenters. The third-order valence-electron chi connectivity index (χ3n) is 4.64. The summed E-state index contributed by atoms with van der Waals surface area (Å²) in [4.78, 5) is 26.7. The molecule has 1 heterocycles. The molecule has 0 spiro atoms. The van der Waals surface area contributed by atoms with Gasteiger partial charge in [-0.2, -0.15) is 0 Å². The van der Waals surface area contributed by atoms with Gasteiger partial charge in [0.05, 0.1) is 12.2 Å². The summed E-state index contributed by atoms with van der Waals surface area (Å²) in [6.07, 6.45) is 0. The average Bonchev–Trinajstić information content (AvgIpc) is 2.75. The minimum atomic E-state index is -0.190. The summed E-state index contributed by atoms with van der Waals surface area (Å²) in [6.45, 7) is 0.879. The van der Waals surface area contributed by atoms with E-state index >= 15 is 0 Å². The number of amides is 2. The predicted octanol–water partition coefficient (Wildman–Crippen LogP) is 3.54. The number of nitrogens with one attached hydrogen (secondary N) is 1. The van der Waals surface area contributed by atoms with E-state index < -0.39 is 0 Å². The van der Waals surface area contributed by atoms with E-state index in [1.807, 2.05) is 60.7 Å². The minimum absolute atomic E-state index is 0.000611. The van der Waals surface area contributed by atoms with Gasteiger partial charge >= 0.3 is 0 Å². The average molecular weight is 372 g/mol. The molecule has 0 saturated heterocycles. The van der Waals surface area contributed by atoms with E-state index in [4.69, 9.17) is 4.74 Å². The normalized spacial score (nSPS) is 12.9. The largest absolute Gasteiger partial charge is 0.482 e. The lowest BCUT2D eigenvalue weighted by atomic mass is 10.1. The van der Waals surface area contributed by atoms with Crippen molar-refractivity contribution in [2.75, 3.05) is 11.5 Å². The summed E-state index contributed by atoms with van der Waals surface area (Å²) in [6, 6.07) is 24.7. The molecule has 5 nitrogen and oxygen atoms in total. The molecular formula is C23H20N2O3. The Morgan fingerprint density at radius 3 is 2.32 bits per heavy atom. The molecule has 0 fully saturated rings. The van der Waals surface area contributed by atoms with Gasteiger partial charge in [-0.15, -0.1) is 0 Å². The quantitative estimate of drug-likeness (QED) is 0.745. The van der Waals surface area contributed by atoms with Crippen molar-refractivity contribution in [3.63, 3.8) is 0 Å². The van der Waals surface area contributed by atoms with Crippen LogP contribution in [0.5, 0.6) is 5.75 Å². The van der Waals surface area contributed by atoms with Crippen LogP contribution in [0.2, 0.25) is 0 Å². The highest BCUT2D eigenvalue weighted by Gasteiger charge is 2.26. The van der Waals surface area contributed by atoms with Crippen LogP contribution < -0.4 is 15.0 Å². The zero-order chi connectivity index (χ0) is 19.3. The van der Waals surface area contributed by atoms with Crippen LogP contribution in [-0.2, 0) is 17.9 Å². The van der Waals surface area contributed by atoms with Crippen LogP contribution in [-0.4, -0.2) is 18.4 Å². The molecule has 1 aliphatic rings. The number of carbonyl (C=O) groups excluding carboxylic acids is 2. The molecule has 1 N–H and O–H groups in total. The fourth-order valence-electron chi connectivity index (χ4n) is 3.16. The second kappa shape index (κ2) is 7.96. The first-order valence-electron chi connectivity index (χ1n) is 9.14. The summed E-state index contributed by atoms with van der Waals surface area (Å²) in [7, 11) is 0. The van der Waals surface area contributed by atoms with Crippen LogP contribution in [0.25, 0.3) is 0 Å². The van der Waals surface area contributed by atoms with Crippen molar-refractivity contribution in [3.8, 4) is 5.75 Å². The summed E-state index contributed by atoms with van der Waals surface area (Å²) in [5.41, 5.74) is 3.15. The first-order chi connectivity index (χ1) is 13.7. The van der Waals surface area contributed by atoms with E-state index in [-0.39, 0.29) is 18.4 Å². The van der Waals surface area contributed by atoms with Gasteiger partial charge in [0, 0.05) is 12.1 Å². The number of benzene rings is 3. The van der Waals surface area contributed by atoms with Crippen LogP contribution in [0.4, 0.5) is 5.69 Å². The molecule has 4 rings (SSSR count). The SMILES string of the molecule is O=C(NCc1ccccc1)c1ccc2c(c1)N(Cc1ccccc1)C(=O)CO2. The van der Waals surface area contributed by atoms with Crippen LogP contribution >= 0.6 is 0 Å². The number of hydrogen-bond acceptors (Lipinski definition) is 3. The van der Waals surface area contributed by atoms with E-state index in [0.29, 0.717) is 30.1 Å². The van der Waals surface area contributed by atoms with Crippen molar-refractivity contribution in [1.29, 1.82) is 0 Å². The first-order valence-corrected chi connectivity index (χ1v) is 9.14. The summed E-state index contributed by atoms with van der Waals surface area (Å²) in [5.74, 6) is 0.290. The van der Waals surface area contributed by atoms with E-state index in [1.165, 1.54) is 0 Å². The van der Waals surface area contributed by atoms with E-state index in [0.717, 1.165) is 11.1 Å². The van der Waals surface area contributed by atoms with Crippen molar-refractivity contribution in [2.24, 2.45) is 0 Å². The molecule has 0 atom stereocenters. The van der Waals surface area contributed by atoms with Crippen LogP contribution in [0.15, 0.2) is 78.9 Å². The highest BCUT2D eigenvalue weighted by Crippen LogP contribution is 2.34. The van der Waals surface area contributed by atoms with Crippen LogP contribution in [0.1, 0.15) is 21.5 Å². The third-order valence-corrected chi connectivity index (χ3v) is 4.64. The van der Waals surface area contributed by atoms with Gasteiger partial charge < -0.3 is 15.0 Å². The Hall–Kier alpha value is -3.60. The maximum absolute atomic E-state index is 12.6. The third kappa shape index (κ3) is 3.88. The molecule has 2 amide bonds. The lowest BCUT2D eigenvalue weighted by Gasteiger charge is -2.29. The Morgan fingerprint density at radius 2 is 1.61 bits per heavy atom. The Balaban J connectivity index is 1.55. The lowest BCUT2D eigenvalue weighted by molar-refractivity contribution is -0.121. The summed E-state index contributed by atoms with van der Waals surface area (Å²) >= 11 is 0. The Labute approximate surface area is 163 Å². The van der Waals surface area contributed by atoms with Gasteiger partial charge in [0.2, 0.25) is 0 Å². The van der Waals surface area contributed by atoms with E-state index in [2.05, 4.69) is 5.32 Å². The topological polar surface area (TPSA) is 58.6 Å². The highest BCUT2D eigenvalue weighted by atomic mass is 16.5. The first kappa shape index (κ1) is 17.8. The molecule has 140 valence electrons. The molecule has 3 aromatic carbocycles. The molecule has 3 aromatic rings. The number of hydrogen-bond donors (Lipinski definition) is 1. The molecule has 0 aliphatic carbocycles. The zero-order valence-electron chi connectivity index (χ0n) is 15.3. The van der Waals surface area contributed by atoms with E-state index in [9.17, 15) is 9.59 Å². The number of ether oxygens (including phenoxy) is 1. The highest BCUT2D eigenvalue weighted by molar-refractivity contribution is 6.01. The van der Waals surface area contributed by atoms with Gasteiger partial charge in [0.25, 0.3) is 11.8 Å². The molecular weight excluding hydrogens is 352 g/mol. The van der Waals surface area contributed by atoms with Crippen molar-refractivity contribution in [1.82, 2.24) is 5.32 Å². The van der Waals surface area contributed by atoms with Crippen LogP contribution in [0.3, 0.4) is 0 Å². The van der Waals surface area contributed by atoms with Crippen molar-refractivity contribution in [2.45, 2.75) is 13.1 Å². The molecule has 28 heavy (non-hydrogen) atoms. The van der Waals surface area contributed by atoms with Crippen molar-refractivity contribution >= 4 is 17.5 Å². The maximum Gasteiger partial charge on any atom is 0.265 e. The van der Waals surface area contributed by atoms with E-state index in [1.54, 1.807) is 23.1 Å². The fraction of sp³-hybridized carbons (Fsp3) is 0.130. The van der Waals surface area contributed by atoms with Gasteiger partial charge in [0.1, 0.15) is 5.75 Å². The summed E-state index contributed by atoms with van der Waals surface area (Å²) in [5, 5.41) is 2.91. The lowest BCUT2D eigenvalue weighted by Crippen LogP contribution is -2.38. The molecule has 1 aliphatic heterocycles. The zero-order valence-corrected chi connectivity index (χ0v) is 15.3. The van der Waals surface area contributed by atoms with Gasteiger partial charge in [-0.1, -0.05) is 60.7 Å². The minimum Gasteiger partial charge on any atom is -0.482 e. The second-order valence-corrected chi connectivity index (χ2v) is 6.60. The number of rotatable bonds is 5. The number of anilines is 1.